The number of quaternary nitrogens is 1. The molecule has 0 saturated carbocycles. The van der Waals surface area contributed by atoms with Gasteiger partial charge in [0.05, 0.1) is 46.7 Å². The molecule has 0 aromatic heterocycles. The quantitative estimate of drug-likeness (QED) is 0.408. The third-order valence-corrected chi connectivity index (χ3v) is 2.13. The number of rotatable bonds is 7. The first-order chi connectivity index (χ1) is 7.62. The Labute approximate surface area is 105 Å². The fraction of sp³-hybridized carbons (Fsp3) is 1.00. The Kier molecular flexibility index (Phi) is 11.0. The van der Waals surface area contributed by atoms with E-state index in [2.05, 4.69) is 21.0 Å². The van der Waals surface area contributed by atoms with Crippen molar-refractivity contribution in [2.24, 2.45) is 0 Å². The minimum Gasteiger partial charge on any atom is -0.382 e. The molecule has 0 fully saturated rings. The van der Waals surface area contributed by atoms with Crippen LogP contribution in [0, 0.1) is 0 Å². The molecule has 1 N–H and O–H groups in total. The largest absolute Gasteiger partial charge is 0.382 e. The number of nitrogens with zero attached hydrogens (tertiary/aromatic N) is 1. The molecule has 0 spiro atoms. The van der Waals surface area contributed by atoms with E-state index in [0.717, 1.165) is 24.2 Å². The molecule has 0 aliphatic carbocycles. The smallest absolute Gasteiger partial charge is 0.261 e. The molecule has 0 aromatic carbocycles. The van der Waals surface area contributed by atoms with Gasteiger partial charge in [-0.1, -0.05) is 0 Å². The zero-order valence-electron chi connectivity index (χ0n) is 11.5. The maximum absolute atomic E-state index is 9.19. The van der Waals surface area contributed by atoms with E-state index < -0.39 is 10.1 Å². The number of ether oxygens (including phenoxy) is 2. The highest BCUT2D eigenvalue weighted by atomic mass is 32.2. The van der Waals surface area contributed by atoms with Crippen molar-refractivity contribution >= 4 is 10.1 Å². The van der Waals surface area contributed by atoms with Crippen LogP contribution < -0.4 is 0 Å². The average Bonchev–Trinajstić information content (AvgIpc) is 2.15. The number of hydrogen-bond acceptors (Lipinski definition) is 4. The van der Waals surface area contributed by atoms with Crippen LogP contribution in [0.4, 0.5) is 0 Å². The standard InChI is InChI=1S/C9H22NO2.CH4O3S/c1-5-10(2,3)6-7-12-9-8-11-4;1-5(2,3)4/h5-9H2,1-4H3;1H3,(H,2,3,4)/q+1;. The molecule has 7 heteroatoms. The summed E-state index contributed by atoms with van der Waals surface area (Å²) in [6.45, 7) is 6.63. The first-order valence-electron chi connectivity index (χ1n) is 5.43. The van der Waals surface area contributed by atoms with E-state index in [1.54, 1.807) is 7.11 Å². The van der Waals surface area contributed by atoms with Crippen molar-refractivity contribution in [3.63, 3.8) is 0 Å². The molecule has 0 rings (SSSR count). The maximum Gasteiger partial charge on any atom is 0.261 e. The van der Waals surface area contributed by atoms with Gasteiger partial charge in [0.2, 0.25) is 0 Å². The minimum atomic E-state index is -3.67. The van der Waals surface area contributed by atoms with Crippen LogP contribution in [0.1, 0.15) is 6.92 Å². The molecule has 0 radical (unpaired) electrons. The second-order valence-electron chi connectivity index (χ2n) is 4.31. The fourth-order valence-electron chi connectivity index (χ4n) is 0.714. The van der Waals surface area contributed by atoms with Gasteiger partial charge in [-0.3, -0.25) is 4.55 Å². The minimum absolute atomic E-state index is 0.694. The van der Waals surface area contributed by atoms with Gasteiger partial charge in [0.25, 0.3) is 10.1 Å². The summed E-state index contributed by atoms with van der Waals surface area (Å²) in [7, 11) is 2.44. The summed E-state index contributed by atoms with van der Waals surface area (Å²) in [5.41, 5.74) is 0. The molecule has 0 aromatic rings. The van der Waals surface area contributed by atoms with Crippen molar-refractivity contribution in [3.05, 3.63) is 0 Å². The van der Waals surface area contributed by atoms with Crippen LogP contribution in [0.3, 0.4) is 0 Å². The van der Waals surface area contributed by atoms with Crippen LogP contribution in [0.5, 0.6) is 0 Å². The van der Waals surface area contributed by atoms with Gasteiger partial charge in [0.15, 0.2) is 0 Å². The Balaban J connectivity index is 0. The monoisotopic (exact) mass is 272 g/mol. The lowest BCUT2D eigenvalue weighted by Crippen LogP contribution is -2.42. The zero-order valence-corrected chi connectivity index (χ0v) is 12.3. The van der Waals surface area contributed by atoms with Crippen molar-refractivity contribution in [2.45, 2.75) is 6.92 Å². The van der Waals surface area contributed by atoms with Crippen molar-refractivity contribution in [1.82, 2.24) is 0 Å². The van der Waals surface area contributed by atoms with Crippen molar-refractivity contribution in [3.8, 4) is 0 Å². The third-order valence-electron chi connectivity index (χ3n) is 2.13. The number of methoxy groups -OCH3 is 1. The Bertz CT molecular complexity index is 256. The highest BCUT2D eigenvalue weighted by Gasteiger charge is 2.10. The van der Waals surface area contributed by atoms with Gasteiger partial charge in [0.1, 0.15) is 6.54 Å². The highest BCUT2D eigenvalue weighted by Crippen LogP contribution is 1.94. The van der Waals surface area contributed by atoms with Gasteiger partial charge < -0.3 is 14.0 Å². The molecule has 0 aliphatic heterocycles. The molecule has 106 valence electrons. The number of likely N-dealkylation sites (N-methyl/N-ethyl adjacent to an activating group) is 1. The highest BCUT2D eigenvalue weighted by molar-refractivity contribution is 7.85. The van der Waals surface area contributed by atoms with E-state index in [-0.39, 0.29) is 0 Å². The Morgan fingerprint density at radius 3 is 2.00 bits per heavy atom. The van der Waals surface area contributed by atoms with E-state index in [9.17, 15) is 8.42 Å². The van der Waals surface area contributed by atoms with Gasteiger partial charge >= 0.3 is 0 Å². The summed E-state index contributed by atoms with van der Waals surface area (Å²) in [5, 5.41) is 0. The Morgan fingerprint density at radius 1 is 1.18 bits per heavy atom. The van der Waals surface area contributed by atoms with Crippen LogP contribution in [0.15, 0.2) is 0 Å². The van der Waals surface area contributed by atoms with Crippen molar-refractivity contribution in [1.29, 1.82) is 0 Å². The van der Waals surface area contributed by atoms with Crippen LogP contribution in [0.25, 0.3) is 0 Å². The predicted molar refractivity (Wildman–Crippen MR) is 67.7 cm³/mol. The molecule has 0 saturated heterocycles. The summed E-state index contributed by atoms with van der Waals surface area (Å²) in [4.78, 5) is 0. The Hall–Kier alpha value is -0.210. The second-order valence-corrected chi connectivity index (χ2v) is 5.78. The van der Waals surface area contributed by atoms with Gasteiger partial charge in [-0.2, -0.15) is 8.42 Å². The van der Waals surface area contributed by atoms with Crippen molar-refractivity contribution < 1.29 is 26.9 Å². The predicted octanol–water partition coefficient (Wildman–Crippen LogP) is 0.250. The molecule has 0 atom stereocenters. The van der Waals surface area contributed by atoms with Crippen LogP contribution in [-0.2, 0) is 19.6 Å². The molecular formula is C10H26NO5S+. The average molecular weight is 272 g/mol. The van der Waals surface area contributed by atoms with Gasteiger partial charge in [-0.05, 0) is 6.92 Å². The van der Waals surface area contributed by atoms with E-state index in [1.807, 2.05) is 0 Å². The molecule has 0 bridgehead atoms. The molecule has 17 heavy (non-hydrogen) atoms. The lowest BCUT2D eigenvalue weighted by atomic mass is 10.4. The summed E-state index contributed by atoms with van der Waals surface area (Å²) >= 11 is 0. The first-order valence-corrected chi connectivity index (χ1v) is 7.28. The van der Waals surface area contributed by atoms with E-state index in [4.69, 9.17) is 14.0 Å². The third kappa shape index (κ3) is 25.8. The molecule has 0 amide bonds. The van der Waals surface area contributed by atoms with Gasteiger partial charge in [-0.25, -0.2) is 0 Å². The van der Waals surface area contributed by atoms with Gasteiger partial charge in [0, 0.05) is 7.11 Å². The van der Waals surface area contributed by atoms with Crippen LogP contribution >= 0.6 is 0 Å². The lowest BCUT2D eigenvalue weighted by molar-refractivity contribution is -0.888. The molecule has 0 unspecified atom stereocenters. The van der Waals surface area contributed by atoms with Gasteiger partial charge in [-0.15, -0.1) is 0 Å². The first kappa shape index (κ1) is 19.1. The summed E-state index contributed by atoms with van der Waals surface area (Å²) < 4.78 is 37.1. The molecule has 0 heterocycles. The second kappa shape index (κ2) is 9.78. The van der Waals surface area contributed by atoms with Crippen molar-refractivity contribution in [2.75, 3.05) is 60.4 Å². The van der Waals surface area contributed by atoms with Crippen LogP contribution in [0.2, 0.25) is 0 Å². The molecule has 6 nitrogen and oxygen atoms in total. The van der Waals surface area contributed by atoms with E-state index in [1.165, 1.54) is 0 Å². The normalized spacial score (nSPS) is 11.9. The topological polar surface area (TPSA) is 72.8 Å². The molecular weight excluding hydrogens is 246 g/mol. The fourth-order valence-corrected chi connectivity index (χ4v) is 0.714. The van der Waals surface area contributed by atoms with Crippen LogP contribution in [-0.4, -0.2) is 77.8 Å². The zero-order chi connectivity index (χ0) is 13.9. The lowest BCUT2D eigenvalue weighted by Gasteiger charge is -2.27. The molecule has 0 aliphatic rings. The maximum atomic E-state index is 9.19. The SMILES string of the molecule is CC[N+](C)(C)CCOCCOC.CS(=O)(=O)O. The van der Waals surface area contributed by atoms with E-state index in [0.29, 0.717) is 19.5 Å². The summed E-state index contributed by atoms with van der Waals surface area (Å²) in [5.74, 6) is 0. The Morgan fingerprint density at radius 2 is 1.65 bits per heavy atom. The summed E-state index contributed by atoms with van der Waals surface area (Å²) in [6.07, 6.45) is 0.715. The van der Waals surface area contributed by atoms with E-state index >= 15 is 0 Å². The summed E-state index contributed by atoms with van der Waals surface area (Å²) in [6, 6.07) is 0. The number of hydrogen-bond donors (Lipinski definition) is 1.